The molecule has 0 bridgehead atoms. The predicted octanol–water partition coefficient (Wildman–Crippen LogP) is 1.33. The van der Waals surface area contributed by atoms with E-state index in [-0.39, 0.29) is 10.6 Å². The van der Waals surface area contributed by atoms with Crippen LogP contribution < -0.4 is 16.2 Å². The van der Waals surface area contributed by atoms with Crippen molar-refractivity contribution in [1.82, 2.24) is 15.1 Å². The lowest BCUT2D eigenvalue weighted by atomic mass is 10.2. The van der Waals surface area contributed by atoms with Gasteiger partial charge < -0.3 is 10.6 Å². The van der Waals surface area contributed by atoms with E-state index in [1.165, 1.54) is 4.68 Å². The van der Waals surface area contributed by atoms with E-state index in [9.17, 15) is 4.79 Å². The van der Waals surface area contributed by atoms with Crippen molar-refractivity contribution in [3.05, 3.63) is 21.6 Å². The number of aromatic nitrogens is 2. The van der Waals surface area contributed by atoms with Crippen molar-refractivity contribution in [2.75, 3.05) is 18.4 Å². The molecule has 1 aromatic rings. The minimum Gasteiger partial charge on any atom is -0.378 e. The first-order valence-electron chi connectivity index (χ1n) is 6.31. The van der Waals surface area contributed by atoms with Gasteiger partial charge in [-0.15, -0.1) is 0 Å². The van der Waals surface area contributed by atoms with Crippen LogP contribution in [0.4, 0.5) is 5.69 Å². The van der Waals surface area contributed by atoms with E-state index >= 15 is 0 Å². The number of nitrogens with one attached hydrogen (secondary N) is 2. The van der Waals surface area contributed by atoms with E-state index in [4.69, 9.17) is 11.6 Å². The SMILES string of the molecule is CC(C)Cn1ncc(NC2CCNC2)c(Cl)c1=O. The highest BCUT2D eigenvalue weighted by molar-refractivity contribution is 6.32. The zero-order valence-electron chi connectivity index (χ0n) is 10.7. The molecular weight excluding hydrogens is 252 g/mol. The maximum absolute atomic E-state index is 12.0. The molecule has 0 radical (unpaired) electrons. The van der Waals surface area contributed by atoms with E-state index in [0.717, 1.165) is 19.5 Å². The lowest BCUT2D eigenvalue weighted by Gasteiger charge is -2.15. The Balaban J connectivity index is 2.17. The van der Waals surface area contributed by atoms with E-state index in [1.54, 1.807) is 6.20 Å². The van der Waals surface area contributed by atoms with Gasteiger partial charge in [-0.1, -0.05) is 25.4 Å². The van der Waals surface area contributed by atoms with E-state index in [1.807, 2.05) is 13.8 Å². The maximum Gasteiger partial charge on any atom is 0.287 e. The molecule has 1 unspecified atom stereocenters. The average Bonchev–Trinajstić information content (AvgIpc) is 2.81. The van der Waals surface area contributed by atoms with Crippen LogP contribution in [-0.2, 0) is 6.54 Å². The highest BCUT2D eigenvalue weighted by atomic mass is 35.5. The summed E-state index contributed by atoms with van der Waals surface area (Å²) in [4.78, 5) is 12.0. The van der Waals surface area contributed by atoms with Crippen LogP contribution in [0.25, 0.3) is 0 Å². The molecule has 1 aliphatic rings. The summed E-state index contributed by atoms with van der Waals surface area (Å²) in [7, 11) is 0. The Hall–Kier alpha value is -1.07. The van der Waals surface area contributed by atoms with Crippen molar-refractivity contribution in [1.29, 1.82) is 0 Å². The predicted molar refractivity (Wildman–Crippen MR) is 73.2 cm³/mol. The van der Waals surface area contributed by atoms with Gasteiger partial charge in [-0.3, -0.25) is 4.79 Å². The van der Waals surface area contributed by atoms with Gasteiger partial charge in [0.1, 0.15) is 5.02 Å². The summed E-state index contributed by atoms with van der Waals surface area (Å²) in [5.74, 6) is 0.365. The van der Waals surface area contributed by atoms with Crippen molar-refractivity contribution in [3.8, 4) is 0 Å². The number of anilines is 1. The molecule has 2 N–H and O–H groups in total. The molecule has 18 heavy (non-hydrogen) atoms. The van der Waals surface area contributed by atoms with Gasteiger partial charge in [-0.05, 0) is 18.9 Å². The second-order valence-corrected chi connectivity index (χ2v) is 5.47. The van der Waals surface area contributed by atoms with Gasteiger partial charge in [0, 0.05) is 19.1 Å². The van der Waals surface area contributed by atoms with Crippen molar-refractivity contribution >= 4 is 17.3 Å². The number of hydrogen-bond acceptors (Lipinski definition) is 4. The Bertz CT molecular complexity index is 466. The second kappa shape index (κ2) is 5.71. The van der Waals surface area contributed by atoms with Crippen LogP contribution in [0.3, 0.4) is 0 Å². The number of halogens is 1. The van der Waals surface area contributed by atoms with Crippen molar-refractivity contribution in [2.45, 2.75) is 32.9 Å². The molecule has 1 atom stereocenters. The summed E-state index contributed by atoms with van der Waals surface area (Å²) < 4.78 is 1.42. The third-order valence-electron chi connectivity index (χ3n) is 2.94. The molecule has 2 rings (SSSR count). The fourth-order valence-corrected chi connectivity index (χ4v) is 2.24. The Morgan fingerprint density at radius 2 is 2.44 bits per heavy atom. The van der Waals surface area contributed by atoms with Gasteiger partial charge in [0.2, 0.25) is 0 Å². The first-order chi connectivity index (χ1) is 8.58. The van der Waals surface area contributed by atoms with Crippen LogP contribution in [0, 0.1) is 5.92 Å². The van der Waals surface area contributed by atoms with E-state index in [2.05, 4.69) is 15.7 Å². The van der Waals surface area contributed by atoms with Gasteiger partial charge in [0.05, 0.1) is 11.9 Å². The highest BCUT2D eigenvalue weighted by Gasteiger charge is 2.17. The lowest BCUT2D eigenvalue weighted by molar-refractivity contribution is 0.464. The molecule has 0 saturated carbocycles. The molecular formula is C12H19ClN4O. The Morgan fingerprint density at radius 3 is 3.06 bits per heavy atom. The molecule has 0 aliphatic carbocycles. The van der Waals surface area contributed by atoms with E-state index < -0.39 is 0 Å². The maximum atomic E-state index is 12.0. The zero-order valence-corrected chi connectivity index (χ0v) is 11.5. The monoisotopic (exact) mass is 270 g/mol. The second-order valence-electron chi connectivity index (χ2n) is 5.09. The summed E-state index contributed by atoms with van der Waals surface area (Å²) >= 11 is 6.10. The first-order valence-corrected chi connectivity index (χ1v) is 6.68. The van der Waals surface area contributed by atoms with Gasteiger partial charge in [-0.25, -0.2) is 4.68 Å². The first kappa shape index (κ1) is 13.4. The normalized spacial score (nSPS) is 19.4. The standard InChI is InChI=1S/C12H19ClN4O/c1-8(2)7-17-12(18)11(13)10(6-15-17)16-9-3-4-14-5-9/h6,8-9,14,16H,3-5,7H2,1-2H3. The van der Waals surface area contributed by atoms with Gasteiger partial charge in [-0.2, -0.15) is 5.10 Å². The summed E-state index contributed by atoms with van der Waals surface area (Å²) in [5, 5.41) is 10.9. The Kier molecular flexibility index (Phi) is 4.24. The topological polar surface area (TPSA) is 59.0 Å². The molecule has 0 amide bonds. The van der Waals surface area contributed by atoms with E-state index in [0.29, 0.717) is 24.2 Å². The Labute approximate surface area is 112 Å². The summed E-state index contributed by atoms with van der Waals surface area (Å²) in [6.07, 6.45) is 2.68. The van der Waals surface area contributed by atoms with Gasteiger partial charge in [0.25, 0.3) is 5.56 Å². The lowest BCUT2D eigenvalue weighted by Crippen LogP contribution is -2.28. The number of nitrogens with zero attached hydrogens (tertiary/aromatic N) is 2. The highest BCUT2D eigenvalue weighted by Crippen LogP contribution is 2.18. The fraction of sp³-hybridized carbons (Fsp3) is 0.667. The quantitative estimate of drug-likeness (QED) is 0.867. The zero-order chi connectivity index (χ0) is 13.1. The van der Waals surface area contributed by atoms with Gasteiger partial charge in [0.15, 0.2) is 0 Å². The number of hydrogen-bond donors (Lipinski definition) is 2. The fourth-order valence-electron chi connectivity index (χ4n) is 2.04. The molecule has 5 nitrogen and oxygen atoms in total. The van der Waals surface area contributed by atoms with Crippen LogP contribution in [0.15, 0.2) is 11.0 Å². The molecule has 1 fully saturated rings. The van der Waals surface area contributed by atoms with Crippen molar-refractivity contribution in [3.63, 3.8) is 0 Å². The summed E-state index contributed by atoms with van der Waals surface area (Å²) in [6.45, 7) is 6.55. The summed E-state index contributed by atoms with van der Waals surface area (Å²) in [5.41, 5.74) is 0.414. The average molecular weight is 271 g/mol. The van der Waals surface area contributed by atoms with Crippen molar-refractivity contribution < 1.29 is 0 Å². The third kappa shape index (κ3) is 3.03. The smallest absolute Gasteiger partial charge is 0.287 e. The number of rotatable bonds is 4. The van der Waals surface area contributed by atoms with Crippen LogP contribution in [0.1, 0.15) is 20.3 Å². The van der Waals surface area contributed by atoms with Crippen LogP contribution in [-0.4, -0.2) is 28.9 Å². The van der Waals surface area contributed by atoms with Crippen LogP contribution in [0.5, 0.6) is 0 Å². The largest absolute Gasteiger partial charge is 0.378 e. The minimum absolute atomic E-state index is 0.221. The van der Waals surface area contributed by atoms with Crippen LogP contribution in [0.2, 0.25) is 5.02 Å². The molecule has 100 valence electrons. The van der Waals surface area contributed by atoms with Gasteiger partial charge >= 0.3 is 0 Å². The molecule has 0 spiro atoms. The van der Waals surface area contributed by atoms with Crippen molar-refractivity contribution in [2.24, 2.45) is 5.92 Å². The molecule has 1 aliphatic heterocycles. The molecule has 2 heterocycles. The summed E-state index contributed by atoms with van der Waals surface area (Å²) in [6, 6.07) is 0.324. The third-order valence-corrected chi connectivity index (χ3v) is 3.31. The molecule has 6 heteroatoms. The van der Waals surface area contributed by atoms with Crippen LogP contribution >= 0.6 is 11.6 Å². The molecule has 1 saturated heterocycles. The molecule has 0 aromatic carbocycles. The Morgan fingerprint density at radius 1 is 1.67 bits per heavy atom. The molecule has 1 aromatic heterocycles. The minimum atomic E-state index is -0.221.